The number of hydrogen-bond acceptors (Lipinski definition) is 6. The maximum absolute atomic E-state index is 11.0. The molecule has 8 heteroatoms. The first kappa shape index (κ1) is 13.0. The van der Waals surface area contributed by atoms with E-state index in [0.29, 0.717) is 0 Å². The molecule has 7 nitrogen and oxygen atoms in total. The van der Waals surface area contributed by atoms with Crippen molar-refractivity contribution in [3.8, 4) is 5.75 Å². The van der Waals surface area contributed by atoms with Gasteiger partial charge in [-0.3, -0.25) is 15.1 Å². The van der Waals surface area contributed by atoms with Crippen LogP contribution in [0.1, 0.15) is 15.2 Å². The van der Waals surface area contributed by atoms with Gasteiger partial charge in [0.25, 0.3) is 5.69 Å². The van der Waals surface area contributed by atoms with E-state index in [-0.39, 0.29) is 23.6 Å². The van der Waals surface area contributed by atoms with Gasteiger partial charge in [-0.15, -0.1) is 11.3 Å². The monoisotopic (exact) mass is 280 g/mol. The summed E-state index contributed by atoms with van der Waals surface area (Å²) in [6.07, 6.45) is 1.61. The topological polar surface area (TPSA) is 103 Å². The van der Waals surface area contributed by atoms with Crippen molar-refractivity contribution in [1.82, 2.24) is 4.98 Å². The van der Waals surface area contributed by atoms with Gasteiger partial charge < -0.3 is 9.84 Å². The molecule has 0 aliphatic heterocycles. The summed E-state index contributed by atoms with van der Waals surface area (Å²) in [6.45, 7) is 0.169. The van der Waals surface area contributed by atoms with Crippen molar-refractivity contribution in [2.45, 2.75) is 6.61 Å². The zero-order chi connectivity index (χ0) is 13.8. The Labute approximate surface area is 111 Å². The van der Waals surface area contributed by atoms with Crippen molar-refractivity contribution >= 4 is 23.0 Å². The lowest BCUT2D eigenvalue weighted by Gasteiger charge is -2.07. The second kappa shape index (κ2) is 5.44. The van der Waals surface area contributed by atoms with Crippen molar-refractivity contribution in [1.29, 1.82) is 0 Å². The molecule has 0 saturated carbocycles. The number of nitro benzene ring substituents is 1. The summed E-state index contributed by atoms with van der Waals surface area (Å²) in [5.74, 6) is -1.19. The van der Waals surface area contributed by atoms with Crippen LogP contribution < -0.4 is 4.74 Å². The Bertz CT molecular complexity index is 612. The van der Waals surface area contributed by atoms with Gasteiger partial charge in [0.15, 0.2) is 0 Å². The number of nitrogens with zero attached hydrogens (tertiary/aromatic N) is 2. The fourth-order valence-corrected chi connectivity index (χ4v) is 1.89. The molecule has 0 aliphatic carbocycles. The molecule has 0 aliphatic rings. The Morgan fingerprint density at radius 1 is 1.53 bits per heavy atom. The Morgan fingerprint density at radius 3 is 2.89 bits per heavy atom. The van der Waals surface area contributed by atoms with Crippen molar-refractivity contribution in [3.05, 3.63) is 50.5 Å². The SMILES string of the molecule is O=C(O)c1cc([N+](=O)[O-])ccc1OCc1cncs1. The third-order valence-corrected chi connectivity index (χ3v) is 3.01. The van der Waals surface area contributed by atoms with Crippen molar-refractivity contribution in [3.63, 3.8) is 0 Å². The van der Waals surface area contributed by atoms with Crippen LogP contribution >= 0.6 is 11.3 Å². The summed E-state index contributed by atoms with van der Waals surface area (Å²) in [5, 5.41) is 19.6. The van der Waals surface area contributed by atoms with Crippen molar-refractivity contribution in [2.75, 3.05) is 0 Å². The minimum atomic E-state index is -1.27. The zero-order valence-corrected chi connectivity index (χ0v) is 10.3. The first-order chi connectivity index (χ1) is 9.08. The number of hydrogen-bond donors (Lipinski definition) is 1. The van der Waals surface area contributed by atoms with Gasteiger partial charge in [-0.2, -0.15) is 0 Å². The van der Waals surface area contributed by atoms with Crippen LogP contribution in [0.25, 0.3) is 0 Å². The molecule has 0 radical (unpaired) electrons. The van der Waals surface area contributed by atoms with Crippen LogP contribution in [0.5, 0.6) is 5.75 Å². The molecule has 1 aromatic heterocycles. The maximum atomic E-state index is 11.0. The normalized spacial score (nSPS) is 10.1. The van der Waals surface area contributed by atoms with Gasteiger partial charge >= 0.3 is 5.97 Å². The molecule has 0 spiro atoms. The van der Waals surface area contributed by atoms with Crippen LogP contribution in [-0.4, -0.2) is 21.0 Å². The average molecular weight is 280 g/mol. The average Bonchev–Trinajstić information content (AvgIpc) is 2.89. The maximum Gasteiger partial charge on any atom is 0.339 e. The Morgan fingerprint density at radius 2 is 2.32 bits per heavy atom. The minimum Gasteiger partial charge on any atom is -0.487 e. The molecule has 1 aromatic carbocycles. The number of ether oxygens (including phenoxy) is 1. The summed E-state index contributed by atoms with van der Waals surface area (Å²) in [7, 11) is 0. The van der Waals surface area contributed by atoms with Crippen molar-refractivity contribution in [2.24, 2.45) is 0 Å². The zero-order valence-electron chi connectivity index (χ0n) is 9.48. The Kier molecular flexibility index (Phi) is 3.71. The van der Waals surface area contributed by atoms with Crippen LogP contribution in [0.4, 0.5) is 5.69 Å². The molecule has 0 fully saturated rings. The third kappa shape index (κ3) is 3.05. The first-order valence-electron chi connectivity index (χ1n) is 5.10. The van der Waals surface area contributed by atoms with E-state index in [4.69, 9.17) is 9.84 Å². The molecule has 2 aromatic rings. The van der Waals surface area contributed by atoms with Gasteiger partial charge in [0.2, 0.25) is 0 Å². The van der Waals surface area contributed by atoms with E-state index in [1.165, 1.54) is 23.5 Å². The second-order valence-corrected chi connectivity index (χ2v) is 4.47. The van der Waals surface area contributed by atoms with E-state index in [1.54, 1.807) is 11.7 Å². The van der Waals surface area contributed by atoms with E-state index in [9.17, 15) is 14.9 Å². The van der Waals surface area contributed by atoms with E-state index < -0.39 is 10.9 Å². The first-order valence-corrected chi connectivity index (χ1v) is 5.98. The van der Waals surface area contributed by atoms with E-state index in [0.717, 1.165) is 10.9 Å². The lowest BCUT2D eigenvalue weighted by atomic mass is 10.2. The smallest absolute Gasteiger partial charge is 0.339 e. The third-order valence-electron chi connectivity index (χ3n) is 2.26. The predicted octanol–water partition coefficient (Wildman–Crippen LogP) is 2.33. The lowest BCUT2D eigenvalue weighted by Crippen LogP contribution is -2.04. The largest absolute Gasteiger partial charge is 0.487 e. The van der Waals surface area contributed by atoms with Crippen LogP contribution in [0.15, 0.2) is 29.9 Å². The molecular weight excluding hydrogens is 272 g/mol. The molecule has 1 N–H and O–H groups in total. The highest BCUT2D eigenvalue weighted by Crippen LogP contribution is 2.25. The number of non-ortho nitro benzene ring substituents is 1. The molecule has 0 atom stereocenters. The quantitative estimate of drug-likeness (QED) is 0.666. The highest BCUT2D eigenvalue weighted by atomic mass is 32.1. The van der Waals surface area contributed by atoms with Gasteiger partial charge in [-0.25, -0.2) is 4.79 Å². The standard InChI is InChI=1S/C11H8N2O5S/c14-11(15)9-3-7(13(16)17)1-2-10(9)18-5-8-4-12-6-19-8/h1-4,6H,5H2,(H,14,15). The summed E-state index contributed by atoms with van der Waals surface area (Å²) in [6, 6.07) is 3.46. The molecule has 0 amide bonds. The lowest BCUT2D eigenvalue weighted by molar-refractivity contribution is -0.384. The highest BCUT2D eigenvalue weighted by Gasteiger charge is 2.17. The van der Waals surface area contributed by atoms with Crippen molar-refractivity contribution < 1.29 is 19.6 Å². The van der Waals surface area contributed by atoms with Gasteiger partial charge in [0, 0.05) is 18.3 Å². The number of carbonyl (C=O) groups is 1. The molecule has 98 valence electrons. The molecular formula is C11H8N2O5S. The fourth-order valence-electron chi connectivity index (χ4n) is 1.39. The number of nitro groups is 1. The number of aromatic carboxylic acids is 1. The Hall–Kier alpha value is -2.48. The van der Waals surface area contributed by atoms with E-state index >= 15 is 0 Å². The summed E-state index contributed by atoms with van der Waals surface area (Å²) >= 11 is 1.37. The predicted molar refractivity (Wildman–Crippen MR) is 66.5 cm³/mol. The van der Waals surface area contributed by atoms with Crippen LogP contribution in [0.2, 0.25) is 0 Å². The van der Waals surface area contributed by atoms with Crippen LogP contribution in [-0.2, 0) is 6.61 Å². The number of thiazole rings is 1. The number of benzene rings is 1. The molecule has 2 rings (SSSR count). The number of rotatable bonds is 5. The second-order valence-electron chi connectivity index (χ2n) is 3.50. The van der Waals surface area contributed by atoms with E-state index in [2.05, 4.69) is 4.98 Å². The fraction of sp³-hybridized carbons (Fsp3) is 0.0909. The Balaban J connectivity index is 2.24. The molecule has 1 heterocycles. The van der Waals surface area contributed by atoms with Crippen LogP contribution in [0, 0.1) is 10.1 Å². The number of aromatic nitrogens is 1. The van der Waals surface area contributed by atoms with E-state index in [1.807, 2.05) is 0 Å². The molecule has 0 bridgehead atoms. The van der Waals surface area contributed by atoms with Gasteiger partial charge in [0.05, 0.1) is 15.3 Å². The molecule has 19 heavy (non-hydrogen) atoms. The molecule has 0 unspecified atom stereocenters. The van der Waals surface area contributed by atoms with Gasteiger partial charge in [0.1, 0.15) is 17.9 Å². The highest BCUT2D eigenvalue weighted by molar-refractivity contribution is 7.09. The number of carboxylic acids is 1. The van der Waals surface area contributed by atoms with Gasteiger partial charge in [-0.05, 0) is 6.07 Å². The minimum absolute atomic E-state index is 0.0894. The summed E-state index contributed by atoms with van der Waals surface area (Å²) in [5.41, 5.74) is 1.10. The summed E-state index contributed by atoms with van der Waals surface area (Å²) < 4.78 is 5.34. The number of carboxylic acid groups (broad SMARTS) is 1. The van der Waals surface area contributed by atoms with Gasteiger partial charge in [-0.1, -0.05) is 0 Å². The molecule has 0 saturated heterocycles. The summed E-state index contributed by atoms with van der Waals surface area (Å²) in [4.78, 5) is 25.7. The van der Waals surface area contributed by atoms with Crippen LogP contribution in [0.3, 0.4) is 0 Å².